The van der Waals surface area contributed by atoms with Crippen LogP contribution in [0.5, 0.6) is 0 Å². The molecule has 1 saturated heterocycles. The summed E-state index contributed by atoms with van der Waals surface area (Å²) in [5, 5.41) is 3.14. The van der Waals surface area contributed by atoms with Gasteiger partial charge in [0.1, 0.15) is 10.4 Å². The normalized spacial score (nSPS) is 20.2. The standard InChI is InChI=1S/C11H16BrN3O2/c12-9-7-15-10(8-14-9)13-4-6-17-11-3-1-2-5-16-11/h7-8,11H,1-6H2,(H,13,15). The van der Waals surface area contributed by atoms with Crippen molar-refractivity contribution in [2.24, 2.45) is 0 Å². The molecule has 0 radical (unpaired) electrons. The van der Waals surface area contributed by atoms with Crippen molar-refractivity contribution in [1.29, 1.82) is 0 Å². The van der Waals surface area contributed by atoms with Gasteiger partial charge in [-0.1, -0.05) is 0 Å². The third kappa shape index (κ3) is 4.57. The lowest BCUT2D eigenvalue weighted by Gasteiger charge is -2.22. The van der Waals surface area contributed by atoms with Gasteiger partial charge in [0.2, 0.25) is 0 Å². The van der Waals surface area contributed by atoms with Gasteiger partial charge in [-0.15, -0.1) is 0 Å². The molecule has 2 heterocycles. The molecule has 6 heteroatoms. The van der Waals surface area contributed by atoms with E-state index in [9.17, 15) is 0 Å². The van der Waals surface area contributed by atoms with E-state index in [1.807, 2.05) is 0 Å². The Bertz CT molecular complexity index is 328. The van der Waals surface area contributed by atoms with E-state index in [4.69, 9.17) is 9.47 Å². The van der Waals surface area contributed by atoms with Crippen molar-refractivity contribution in [3.8, 4) is 0 Å². The zero-order chi connectivity index (χ0) is 11.9. The number of rotatable bonds is 5. The van der Waals surface area contributed by atoms with Gasteiger partial charge >= 0.3 is 0 Å². The number of halogens is 1. The van der Waals surface area contributed by atoms with E-state index in [1.54, 1.807) is 12.4 Å². The number of anilines is 1. The molecule has 1 aromatic rings. The maximum absolute atomic E-state index is 5.59. The van der Waals surface area contributed by atoms with E-state index in [0.29, 0.717) is 13.2 Å². The van der Waals surface area contributed by atoms with Crippen molar-refractivity contribution in [1.82, 2.24) is 9.97 Å². The van der Waals surface area contributed by atoms with Crippen molar-refractivity contribution in [2.75, 3.05) is 25.1 Å². The third-order valence-corrected chi connectivity index (χ3v) is 2.88. The van der Waals surface area contributed by atoms with Crippen LogP contribution >= 0.6 is 15.9 Å². The van der Waals surface area contributed by atoms with E-state index in [1.165, 1.54) is 6.42 Å². The van der Waals surface area contributed by atoms with Gasteiger partial charge in [0.15, 0.2) is 6.29 Å². The Morgan fingerprint density at radius 3 is 3.06 bits per heavy atom. The molecule has 5 nitrogen and oxygen atoms in total. The number of aromatic nitrogens is 2. The smallest absolute Gasteiger partial charge is 0.157 e. The zero-order valence-electron chi connectivity index (χ0n) is 9.56. The van der Waals surface area contributed by atoms with Crippen LogP contribution in [0, 0.1) is 0 Å². The molecule has 1 aromatic heterocycles. The summed E-state index contributed by atoms with van der Waals surface area (Å²) in [6.07, 6.45) is 6.65. The molecule has 0 saturated carbocycles. The molecular formula is C11H16BrN3O2. The number of nitrogens with zero attached hydrogens (tertiary/aromatic N) is 2. The first-order valence-electron chi connectivity index (χ1n) is 5.79. The highest BCUT2D eigenvalue weighted by Crippen LogP contribution is 2.13. The second-order valence-corrected chi connectivity index (χ2v) is 4.63. The summed E-state index contributed by atoms with van der Waals surface area (Å²) in [5.74, 6) is 0.751. The Kier molecular flexibility index (Phi) is 5.15. The Labute approximate surface area is 109 Å². The van der Waals surface area contributed by atoms with Gasteiger partial charge in [-0.3, -0.25) is 0 Å². The maximum atomic E-state index is 5.59. The van der Waals surface area contributed by atoms with Crippen LogP contribution in [0.15, 0.2) is 17.0 Å². The molecular weight excluding hydrogens is 286 g/mol. The zero-order valence-corrected chi connectivity index (χ0v) is 11.1. The Morgan fingerprint density at radius 1 is 1.41 bits per heavy atom. The van der Waals surface area contributed by atoms with Crippen molar-refractivity contribution in [2.45, 2.75) is 25.6 Å². The largest absolute Gasteiger partial charge is 0.366 e. The lowest BCUT2D eigenvalue weighted by atomic mass is 10.2. The molecule has 1 unspecified atom stereocenters. The predicted molar refractivity (Wildman–Crippen MR) is 67.8 cm³/mol. The first-order chi connectivity index (χ1) is 8.34. The predicted octanol–water partition coefficient (Wildman–Crippen LogP) is 2.19. The molecule has 1 atom stereocenters. The lowest BCUT2D eigenvalue weighted by Crippen LogP contribution is -2.24. The average Bonchev–Trinajstić information content (AvgIpc) is 2.38. The van der Waals surface area contributed by atoms with Gasteiger partial charge in [0, 0.05) is 13.2 Å². The van der Waals surface area contributed by atoms with Gasteiger partial charge in [-0.05, 0) is 35.2 Å². The van der Waals surface area contributed by atoms with Gasteiger partial charge in [0.05, 0.1) is 19.0 Å². The SMILES string of the molecule is Brc1cnc(NCCOC2CCCCO2)cn1. The number of hydrogen-bond acceptors (Lipinski definition) is 5. The van der Waals surface area contributed by atoms with Crippen LogP contribution in [0.1, 0.15) is 19.3 Å². The lowest BCUT2D eigenvalue weighted by molar-refractivity contribution is -0.159. The van der Waals surface area contributed by atoms with E-state index in [-0.39, 0.29) is 6.29 Å². The van der Waals surface area contributed by atoms with E-state index < -0.39 is 0 Å². The molecule has 0 aliphatic carbocycles. The third-order valence-electron chi connectivity index (χ3n) is 2.47. The molecule has 0 spiro atoms. The first kappa shape index (κ1) is 12.7. The molecule has 2 rings (SSSR count). The highest BCUT2D eigenvalue weighted by atomic mass is 79.9. The van der Waals surface area contributed by atoms with Crippen LogP contribution in [0.2, 0.25) is 0 Å². The fourth-order valence-electron chi connectivity index (χ4n) is 1.62. The Hall–Kier alpha value is -0.720. The van der Waals surface area contributed by atoms with E-state index >= 15 is 0 Å². The van der Waals surface area contributed by atoms with Crippen LogP contribution < -0.4 is 5.32 Å². The van der Waals surface area contributed by atoms with E-state index in [2.05, 4.69) is 31.2 Å². The van der Waals surface area contributed by atoms with Gasteiger partial charge in [0.25, 0.3) is 0 Å². The number of nitrogens with one attached hydrogen (secondary N) is 1. The highest BCUT2D eigenvalue weighted by Gasteiger charge is 2.13. The molecule has 0 amide bonds. The van der Waals surface area contributed by atoms with E-state index in [0.717, 1.165) is 29.9 Å². The number of hydrogen-bond donors (Lipinski definition) is 1. The molecule has 1 N–H and O–H groups in total. The summed E-state index contributed by atoms with van der Waals surface area (Å²) in [4.78, 5) is 8.23. The molecule has 1 aliphatic rings. The molecule has 0 bridgehead atoms. The minimum atomic E-state index is -0.0263. The Morgan fingerprint density at radius 2 is 2.35 bits per heavy atom. The van der Waals surface area contributed by atoms with Crippen molar-refractivity contribution >= 4 is 21.7 Å². The monoisotopic (exact) mass is 301 g/mol. The first-order valence-corrected chi connectivity index (χ1v) is 6.58. The van der Waals surface area contributed by atoms with Crippen molar-refractivity contribution < 1.29 is 9.47 Å². The molecule has 1 aliphatic heterocycles. The maximum Gasteiger partial charge on any atom is 0.157 e. The van der Waals surface area contributed by atoms with Crippen LogP contribution in [-0.4, -0.2) is 36.0 Å². The second-order valence-electron chi connectivity index (χ2n) is 3.82. The van der Waals surface area contributed by atoms with Crippen LogP contribution in [0.25, 0.3) is 0 Å². The minimum Gasteiger partial charge on any atom is -0.366 e. The topological polar surface area (TPSA) is 56.3 Å². The minimum absolute atomic E-state index is 0.0263. The van der Waals surface area contributed by atoms with Gasteiger partial charge < -0.3 is 14.8 Å². The van der Waals surface area contributed by atoms with Crippen molar-refractivity contribution in [3.63, 3.8) is 0 Å². The summed E-state index contributed by atoms with van der Waals surface area (Å²) in [6.45, 7) is 2.13. The fraction of sp³-hybridized carbons (Fsp3) is 0.636. The summed E-state index contributed by atoms with van der Waals surface area (Å²) in [5.41, 5.74) is 0. The van der Waals surface area contributed by atoms with Gasteiger partial charge in [-0.25, -0.2) is 9.97 Å². The summed E-state index contributed by atoms with van der Waals surface area (Å²) >= 11 is 3.24. The number of ether oxygens (including phenoxy) is 2. The molecule has 17 heavy (non-hydrogen) atoms. The average molecular weight is 302 g/mol. The summed E-state index contributed by atoms with van der Waals surface area (Å²) in [7, 11) is 0. The molecule has 0 aromatic carbocycles. The van der Waals surface area contributed by atoms with Crippen molar-refractivity contribution in [3.05, 3.63) is 17.0 Å². The van der Waals surface area contributed by atoms with Crippen LogP contribution in [0.3, 0.4) is 0 Å². The highest BCUT2D eigenvalue weighted by molar-refractivity contribution is 9.10. The van der Waals surface area contributed by atoms with Gasteiger partial charge in [-0.2, -0.15) is 0 Å². The summed E-state index contributed by atoms with van der Waals surface area (Å²) in [6, 6.07) is 0. The van der Waals surface area contributed by atoms with Crippen LogP contribution in [-0.2, 0) is 9.47 Å². The van der Waals surface area contributed by atoms with Crippen LogP contribution in [0.4, 0.5) is 5.82 Å². The quantitative estimate of drug-likeness (QED) is 0.845. The fourth-order valence-corrected chi connectivity index (χ4v) is 1.82. The second kappa shape index (κ2) is 6.88. The Balaban J connectivity index is 1.60. The molecule has 94 valence electrons. The molecule has 1 fully saturated rings. The summed E-state index contributed by atoms with van der Waals surface area (Å²) < 4.78 is 11.8.